The highest BCUT2D eigenvalue weighted by Gasteiger charge is 2.27. The summed E-state index contributed by atoms with van der Waals surface area (Å²) >= 11 is 0. The van der Waals surface area contributed by atoms with Crippen LogP contribution >= 0.6 is 0 Å². The summed E-state index contributed by atoms with van der Waals surface area (Å²) in [6.45, 7) is 6.12. The van der Waals surface area contributed by atoms with Gasteiger partial charge in [0.05, 0.1) is 11.4 Å². The van der Waals surface area contributed by atoms with Crippen LogP contribution in [0, 0.1) is 6.92 Å². The minimum Gasteiger partial charge on any atom is -0.484 e. The standard InChI is InChI=1S/C27H27N3O4/c1-17(2)22-13-12-21(14-18(22)3)34-16-26(32)28-20-10-8-19(9-11-20)27(33)30-15-25(31)29-23-6-4-5-7-24(23)30/h4-14,17H,15-16H2,1-3H3,(H,28,32)(H,29,31). The van der Waals surface area contributed by atoms with Crippen LogP contribution in [0.4, 0.5) is 17.1 Å². The molecule has 0 atom stereocenters. The van der Waals surface area contributed by atoms with E-state index in [-0.39, 0.29) is 30.9 Å². The average Bonchev–Trinajstić information content (AvgIpc) is 2.82. The first-order valence-corrected chi connectivity index (χ1v) is 11.2. The number of carbonyl (C=O) groups is 3. The normalized spacial score (nSPS) is 12.7. The zero-order chi connectivity index (χ0) is 24.2. The van der Waals surface area contributed by atoms with Gasteiger partial charge in [-0.3, -0.25) is 19.3 Å². The van der Waals surface area contributed by atoms with Gasteiger partial charge in [-0.05, 0) is 72.5 Å². The summed E-state index contributed by atoms with van der Waals surface area (Å²) in [6.07, 6.45) is 0. The number of aryl methyl sites for hydroxylation is 1. The van der Waals surface area contributed by atoms with Crippen molar-refractivity contribution in [3.05, 3.63) is 83.4 Å². The molecule has 0 saturated heterocycles. The second-order valence-corrected chi connectivity index (χ2v) is 8.54. The molecule has 174 valence electrons. The summed E-state index contributed by atoms with van der Waals surface area (Å²) in [7, 11) is 0. The Hall–Kier alpha value is -4.13. The van der Waals surface area contributed by atoms with E-state index in [2.05, 4.69) is 24.5 Å². The zero-order valence-electron chi connectivity index (χ0n) is 19.4. The Morgan fingerprint density at radius 2 is 1.79 bits per heavy atom. The molecule has 7 nitrogen and oxygen atoms in total. The largest absolute Gasteiger partial charge is 0.484 e. The van der Waals surface area contributed by atoms with Crippen molar-refractivity contribution in [2.75, 3.05) is 28.7 Å². The van der Waals surface area contributed by atoms with E-state index in [4.69, 9.17) is 4.74 Å². The molecule has 0 saturated carbocycles. The number of ether oxygens (including phenoxy) is 1. The van der Waals surface area contributed by atoms with Gasteiger partial charge in [0.25, 0.3) is 11.8 Å². The highest BCUT2D eigenvalue weighted by atomic mass is 16.5. The molecule has 0 bridgehead atoms. The molecule has 0 radical (unpaired) electrons. The summed E-state index contributed by atoms with van der Waals surface area (Å²) in [5, 5.41) is 5.54. The first-order chi connectivity index (χ1) is 16.3. The number of benzene rings is 3. The third-order valence-electron chi connectivity index (χ3n) is 5.66. The van der Waals surface area contributed by atoms with Crippen molar-refractivity contribution in [1.82, 2.24) is 0 Å². The number of fused-ring (bicyclic) bond motifs is 1. The van der Waals surface area contributed by atoms with E-state index >= 15 is 0 Å². The van der Waals surface area contributed by atoms with Gasteiger partial charge in [0.2, 0.25) is 5.91 Å². The molecule has 4 rings (SSSR count). The highest BCUT2D eigenvalue weighted by Crippen LogP contribution is 2.30. The number of rotatable bonds is 6. The minimum absolute atomic E-state index is 0.0523. The zero-order valence-corrected chi connectivity index (χ0v) is 19.4. The summed E-state index contributed by atoms with van der Waals surface area (Å²) in [4.78, 5) is 38.8. The van der Waals surface area contributed by atoms with Crippen LogP contribution in [0.5, 0.6) is 5.75 Å². The quantitative estimate of drug-likeness (QED) is 0.560. The summed E-state index contributed by atoms with van der Waals surface area (Å²) in [5.41, 5.74) is 4.60. The van der Waals surface area contributed by atoms with Crippen molar-refractivity contribution < 1.29 is 19.1 Å². The van der Waals surface area contributed by atoms with Crippen molar-refractivity contribution in [1.29, 1.82) is 0 Å². The number of hydrogen-bond acceptors (Lipinski definition) is 4. The molecular weight excluding hydrogens is 430 g/mol. The molecule has 34 heavy (non-hydrogen) atoms. The summed E-state index contributed by atoms with van der Waals surface area (Å²) < 4.78 is 5.63. The fourth-order valence-electron chi connectivity index (χ4n) is 4.00. The second-order valence-electron chi connectivity index (χ2n) is 8.54. The average molecular weight is 458 g/mol. The van der Waals surface area contributed by atoms with E-state index < -0.39 is 0 Å². The van der Waals surface area contributed by atoms with Gasteiger partial charge in [0, 0.05) is 11.3 Å². The number of nitrogens with zero attached hydrogens (tertiary/aromatic N) is 1. The second kappa shape index (κ2) is 9.79. The van der Waals surface area contributed by atoms with Crippen molar-refractivity contribution in [2.24, 2.45) is 0 Å². The Kier molecular flexibility index (Phi) is 6.63. The van der Waals surface area contributed by atoms with Crippen LogP contribution in [0.3, 0.4) is 0 Å². The molecule has 3 aromatic rings. The fraction of sp³-hybridized carbons (Fsp3) is 0.222. The van der Waals surface area contributed by atoms with Crippen molar-refractivity contribution in [3.8, 4) is 5.75 Å². The van der Waals surface area contributed by atoms with Gasteiger partial charge >= 0.3 is 0 Å². The predicted octanol–water partition coefficient (Wildman–Crippen LogP) is 4.73. The van der Waals surface area contributed by atoms with E-state index in [1.54, 1.807) is 42.5 Å². The van der Waals surface area contributed by atoms with E-state index in [1.165, 1.54) is 10.5 Å². The molecule has 3 aromatic carbocycles. The van der Waals surface area contributed by atoms with Crippen LogP contribution in [0.15, 0.2) is 66.7 Å². The van der Waals surface area contributed by atoms with Crippen LogP contribution in [0.2, 0.25) is 0 Å². The predicted molar refractivity (Wildman–Crippen MR) is 133 cm³/mol. The highest BCUT2D eigenvalue weighted by molar-refractivity contribution is 6.15. The maximum absolute atomic E-state index is 13.0. The Morgan fingerprint density at radius 3 is 2.50 bits per heavy atom. The lowest BCUT2D eigenvalue weighted by Gasteiger charge is -2.29. The molecular formula is C27H27N3O4. The molecule has 3 amide bonds. The molecule has 7 heteroatoms. The van der Waals surface area contributed by atoms with Crippen LogP contribution in [-0.4, -0.2) is 30.9 Å². The molecule has 0 unspecified atom stereocenters. The summed E-state index contributed by atoms with van der Waals surface area (Å²) in [5.74, 6) is 0.234. The maximum Gasteiger partial charge on any atom is 0.262 e. The first-order valence-electron chi connectivity index (χ1n) is 11.2. The minimum atomic E-state index is -0.300. The SMILES string of the molecule is Cc1cc(OCC(=O)Nc2ccc(C(=O)N3CC(=O)Nc4ccccc43)cc2)ccc1C(C)C. The van der Waals surface area contributed by atoms with Crippen LogP contribution < -0.4 is 20.3 Å². The molecule has 0 aliphatic carbocycles. The third kappa shape index (κ3) is 5.09. The Morgan fingerprint density at radius 1 is 1.06 bits per heavy atom. The Bertz CT molecular complexity index is 1230. The molecule has 0 fully saturated rings. The van der Waals surface area contributed by atoms with Crippen LogP contribution in [-0.2, 0) is 9.59 Å². The van der Waals surface area contributed by atoms with Crippen LogP contribution in [0.1, 0.15) is 41.3 Å². The van der Waals surface area contributed by atoms with E-state index in [0.717, 1.165) is 5.56 Å². The lowest BCUT2D eigenvalue weighted by atomic mass is 9.98. The topological polar surface area (TPSA) is 87.7 Å². The maximum atomic E-state index is 13.0. The van der Waals surface area contributed by atoms with E-state index in [1.807, 2.05) is 31.2 Å². The van der Waals surface area contributed by atoms with Gasteiger partial charge in [0.15, 0.2) is 6.61 Å². The Balaban J connectivity index is 1.37. The van der Waals surface area contributed by atoms with E-state index in [0.29, 0.717) is 34.3 Å². The molecule has 0 aromatic heterocycles. The number of carbonyl (C=O) groups excluding carboxylic acids is 3. The van der Waals surface area contributed by atoms with Crippen molar-refractivity contribution in [2.45, 2.75) is 26.7 Å². The van der Waals surface area contributed by atoms with Gasteiger partial charge in [-0.25, -0.2) is 0 Å². The third-order valence-corrected chi connectivity index (χ3v) is 5.66. The fourth-order valence-corrected chi connectivity index (χ4v) is 4.00. The molecule has 1 heterocycles. The van der Waals surface area contributed by atoms with Crippen molar-refractivity contribution >= 4 is 34.8 Å². The van der Waals surface area contributed by atoms with Gasteiger partial charge < -0.3 is 15.4 Å². The first kappa shape index (κ1) is 23.0. The number of para-hydroxylation sites is 2. The van der Waals surface area contributed by atoms with Gasteiger partial charge in [0.1, 0.15) is 12.3 Å². The Labute approximate surface area is 198 Å². The molecule has 1 aliphatic rings. The van der Waals surface area contributed by atoms with Gasteiger partial charge in [-0.2, -0.15) is 0 Å². The van der Waals surface area contributed by atoms with Gasteiger partial charge in [-0.1, -0.05) is 32.0 Å². The lowest BCUT2D eigenvalue weighted by Crippen LogP contribution is -2.42. The monoisotopic (exact) mass is 457 g/mol. The number of anilines is 3. The molecule has 0 spiro atoms. The number of amides is 3. The lowest BCUT2D eigenvalue weighted by molar-refractivity contribution is -0.118. The summed E-state index contributed by atoms with van der Waals surface area (Å²) in [6, 6.07) is 19.6. The van der Waals surface area contributed by atoms with Gasteiger partial charge in [-0.15, -0.1) is 0 Å². The number of nitrogens with one attached hydrogen (secondary N) is 2. The van der Waals surface area contributed by atoms with E-state index in [9.17, 15) is 14.4 Å². The smallest absolute Gasteiger partial charge is 0.262 e. The van der Waals surface area contributed by atoms with Crippen LogP contribution in [0.25, 0.3) is 0 Å². The number of hydrogen-bond donors (Lipinski definition) is 2. The molecule has 1 aliphatic heterocycles. The molecule has 2 N–H and O–H groups in total. The van der Waals surface area contributed by atoms with Crippen molar-refractivity contribution in [3.63, 3.8) is 0 Å².